The van der Waals surface area contributed by atoms with Crippen molar-refractivity contribution in [3.8, 4) is 5.69 Å². The minimum atomic E-state index is -0.160. The monoisotopic (exact) mass is 377 g/mol. The number of benzene rings is 2. The fraction of sp³-hybridized carbons (Fsp3) is 0.0500. The van der Waals surface area contributed by atoms with Gasteiger partial charge in [0.2, 0.25) is 0 Å². The van der Waals surface area contributed by atoms with E-state index in [1.165, 1.54) is 0 Å². The molecule has 0 saturated heterocycles. The molecule has 0 aliphatic carbocycles. The van der Waals surface area contributed by atoms with Gasteiger partial charge in [0.05, 0.1) is 23.5 Å². The highest BCUT2D eigenvalue weighted by atomic mass is 35.5. The van der Waals surface area contributed by atoms with Gasteiger partial charge in [0, 0.05) is 29.8 Å². The largest absolute Gasteiger partial charge is 0.322 e. The number of rotatable bonds is 5. The molecule has 0 unspecified atom stereocenters. The molecule has 0 atom stereocenters. The van der Waals surface area contributed by atoms with Crippen LogP contribution in [0, 0.1) is 0 Å². The number of hydrogen-bond donors (Lipinski definition) is 1. The zero-order valence-electron chi connectivity index (χ0n) is 14.3. The molecule has 27 heavy (non-hydrogen) atoms. The van der Waals surface area contributed by atoms with Crippen LogP contribution in [0.1, 0.15) is 15.9 Å². The standard InChI is InChI=1S/C20H16ClN5O/c21-17-12-23-26(14-17)19-7-5-18(6-8-19)24-20(27)16-4-1-3-15(11-16)13-25-10-2-9-22-25/h1-12,14H,13H2,(H,24,27). The molecule has 1 amide bonds. The van der Waals surface area contributed by atoms with Gasteiger partial charge in [0.1, 0.15) is 0 Å². The number of amides is 1. The maximum Gasteiger partial charge on any atom is 0.255 e. The SMILES string of the molecule is O=C(Nc1ccc(-n2cc(Cl)cn2)cc1)c1cccc(Cn2cccn2)c1. The molecule has 0 saturated carbocycles. The molecular formula is C20H16ClN5O. The molecule has 6 nitrogen and oxygen atoms in total. The second kappa shape index (κ2) is 7.47. The molecule has 1 N–H and O–H groups in total. The van der Waals surface area contributed by atoms with Gasteiger partial charge >= 0.3 is 0 Å². The van der Waals surface area contributed by atoms with E-state index in [9.17, 15) is 4.79 Å². The summed E-state index contributed by atoms with van der Waals surface area (Å²) in [4.78, 5) is 12.6. The van der Waals surface area contributed by atoms with Crippen LogP contribution >= 0.6 is 11.6 Å². The van der Waals surface area contributed by atoms with E-state index in [0.29, 0.717) is 22.8 Å². The lowest BCUT2D eigenvalue weighted by Gasteiger charge is -2.08. The van der Waals surface area contributed by atoms with E-state index in [-0.39, 0.29) is 5.91 Å². The molecule has 7 heteroatoms. The average molecular weight is 378 g/mol. The van der Waals surface area contributed by atoms with Crippen molar-refractivity contribution in [1.29, 1.82) is 0 Å². The second-order valence-corrected chi connectivity index (χ2v) is 6.44. The van der Waals surface area contributed by atoms with Crippen molar-refractivity contribution in [3.05, 3.63) is 95.5 Å². The quantitative estimate of drug-likeness (QED) is 0.571. The Morgan fingerprint density at radius 2 is 1.93 bits per heavy atom. The van der Waals surface area contributed by atoms with Crippen LogP contribution in [0.2, 0.25) is 5.02 Å². The van der Waals surface area contributed by atoms with E-state index in [1.54, 1.807) is 29.3 Å². The Morgan fingerprint density at radius 1 is 1.07 bits per heavy atom. The fourth-order valence-electron chi connectivity index (χ4n) is 2.73. The highest BCUT2D eigenvalue weighted by molar-refractivity contribution is 6.30. The van der Waals surface area contributed by atoms with Crippen molar-refractivity contribution in [2.75, 3.05) is 5.32 Å². The molecule has 0 aliphatic rings. The first-order valence-corrected chi connectivity index (χ1v) is 8.73. The number of aromatic nitrogens is 4. The molecule has 0 spiro atoms. The maximum atomic E-state index is 12.6. The third-order valence-corrected chi connectivity index (χ3v) is 4.23. The molecule has 2 aromatic heterocycles. The summed E-state index contributed by atoms with van der Waals surface area (Å²) >= 11 is 5.89. The first kappa shape index (κ1) is 17.1. The van der Waals surface area contributed by atoms with Gasteiger partial charge in [-0.05, 0) is 48.0 Å². The number of hydrogen-bond acceptors (Lipinski definition) is 3. The zero-order chi connectivity index (χ0) is 18.6. The van der Waals surface area contributed by atoms with Gasteiger partial charge < -0.3 is 5.32 Å². The summed E-state index contributed by atoms with van der Waals surface area (Å²) in [5.74, 6) is -0.160. The van der Waals surface area contributed by atoms with E-state index < -0.39 is 0 Å². The zero-order valence-corrected chi connectivity index (χ0v) is 15.0. The smallest absolute Gasteiger partial charge is 0.255 e. The van der Waals surface area contributed by atoms with Crippen LogP contribution in [0.4, 0.5) is 5.69 Å². The lowest BCUT2D eigenvalue weighted by atomic mass is 10.1. The van der Waals surface area contributed by atoms with Crippen LogP contribution < -0.4 is 5.32 Å². The number of nitrogens with one attached hydrogen (secondary N) is 1. The fourth-order valence-corrected chi connectivity index (χ4v) is 2.87. The lowest BCUT2D eigenvalue weighted by molar-refractivity contribution is 0.102. The Labute approximate surface area is 161 Å². The second-order valence-electron chi connectivity index (χ2n) is 6.01. The van der Waals surface area contributed by atoms with Crippen LogP contribution in [0.5, 0.6) is 0 Å². The third kappa shape index (κ3) is 4.07. The van der Waals surface area contributed by atoms with Crippen LogP contribution in [0.15, 0.2) is 79.4 Å². The molecule has 0 fully saturated rings. The molecule has 2 heterocycles. The van der Waals surface area contributed by atoms with Crippen LogP contribution in [-0.4, -0.2) is 25.5 Å². The minimum absolute atomic E-state index is 0.160. The summed E-state index contributed by atoms with van der Waals surface area (Å²) in [5, 5.41) is 11.8. The van der Waals surface area contributed by atoms with Crippen molar-refractivity contribution >= 4 is 23.2 Å². The molecular weight excluding hydrogens is 362 g/mol. The van der Waals surface area contributed by atoms with Gasteiger partial charge in [-0.25, -0.2) is 4.68 Å². The molecule has 0 radical (unpaired) electrons. The van der Waals surface area contributed by atoms with Crippen LogP contribution in [0.3, 0.4) is 0 Å². The van der Waals surface area contributed by atoms with Gasteiger partial charge in [0.25, 0.3) is 5.91 Å². The topological polar surface area (TPSA) is 64.7 Å². The van der Waals surface area contributed by atoms with Crippen molar-refractivity contribution in [3.63, 3.8) is 0 Å². The first-order valence-electron chi connectivity index (χ1n) is 8.36. The minimum Gasteiger partial charge on any atom is -0.322 e. The van der Waals surface area contributed by atoms with Crippen molar-refractivity contribution in [2.45, 2.75) is 6.54 Å². The number of carbonyl (C=O) groups excluding carboxylic acids is 1. The van der Waals surface area contributed by atoms with Gasteiger partial charge in [0.15, 0.2) is 0 Å². The average Bonchev–Trinajstić information content (AvgIpc) is 3.34. The van der Waals surface area contributed by atoms with Crippen molar-refractivity contribution in [1.82, 2.24) is 19.6 Å². The van der Waals surface area contributed by atoms with E-state index in [0.717, 1.165) is 11.3 Å². The number of nitrogens with zero attached hydrogens (tertiary/aromatic N) is 4. The summed E-state index contributed by atoms with van der Waals surface area (Å²) in [6.07, 6.45) is 6.92. The molecule has 4 aromatic rings. The predicted octanol–water partition coefficient (Wildman–Crippen LogP) is 4.02. The van der Waals surface area contributed by atoms with E-state index in [4.69, 9.17) is 11.6 Å². The number of carbonyl (C=O) groups is 1. The molecule has 4 rings (SSSR count). The van der Waals surface area contributed by atoms with E-state index in [1.807, 2.05) is 59.4 Å². The van der Waals surface area contributed by atoms with Crippen LogP contribution in [-0.2, 0) is 6.54 Å². The Morgan fingerprint density at radius 3 is 2.63 bits per heavy atom. The Hall–Kier alpha value is -3.38. The highest BCUT2D eigenvalue weighted by Crippen LogP contribution is 2.16. The molecule has 0 bridgehead atoms. The normalized spacial score (nSPS) is 10.7. The highest BCUT2D eigenvalue weighted by Gasteiger charge is 2.08. The van der Waals surface area contributed by atoms with E-state index in [2.05, 4.69) is 15.5 Å². The van der Waals surface area contributed by atoms with E-state index >= 15 is 0 Å². The van der Waals surface area contributed by atoms with Gasteiger partial charge in [-0.15, -0.1) is 0 Å². The summed E-state index contributed by atoms with van der Waals surface area (Å²) in [6, 6.07) is 16.8. The van der Waals surface area contributed by atoms with Gasteiger partial charge in [-0.3, -0.25) is 9.48 Å². The van der Waals surface area contributed by atoms with Crippen molar-refractivity contribution < 1.29 is 4.79 Å². The lowest BCUT2D eigenvalue weighted by Crippen LogP contribution is -2.12. The summed E-state index contributed by atoms with van der Waals surface area (Å²) in [6.45, 7) is 0.620. The first-order chi connectivity index (χ1) is 13.2. The number of anilines is 1. The Bertz CT molecular complexity index is 1050. The Balaban J connectivity index is 1.45. The third-order valence-electron chi connectivity index (χ3n) is 4.03. The Kier molecular flexibility index (Phi) is 4.72. The molecule has 134 valence electrons. The maximum absolute atomic E-state index is 12.6. The van der Waals surface area contributed by atoms with Gasteiger partial charge in [-0.2, -0.15) is 10.2 Å². The molecule has 0 aliphatic heterocycles. The predicted molar refractivity (Wildman–Crippen MR) is 104 cm³/mol. The summed E-state index contributed by atoms with van der Waals surface area (Å²) in [7, 11) is 0. The van der Waals surface area contributed by atoms with Gasteiger partial charge in [-0.1, -0.05) is 23.7 Å². The summed E-state index contributed by atoms with van der Waals surface area (Å²) < 4.78 is 3.49. The molecule has 2 aromatic carbocycles. The summed E-state index contributed by atoms with van der Waals surface area (Å²) in [5.41, 5.74) is 3.18. The van der Waals surface area contributed by atoms with Crippen LogP contribution in [0.25, 0.3) is 5.69 Å². The number of halogens is 1. The van der Waals surface area contributed by atoms with Crippen molar-refractivity contribution in [2.24, 2.45) is 0 Å².